The van der Waals surface area contributed by atoms with Crippen LogP contribution < -0.4 is 14.8 Å². The lowest BCUT2D eigenvalue weighted by Crippen LogP contribution is -2.35. The number of amides is 1. The second-order valence-corrected chi connectivity index (χ2v) is 5.88. The van der Waals surface area contributed by atoms with Gasteiger partial charge in [-0.25, -0.2) is 9.79 Å². The molecule has 7 heteroatoms. The number of carbonyl (C=O) groups is 2. The molecule has 0 radical (unpaired) electrons. The maximum Gasteiger partial charge on any atom is 0.345 e. The van der Waals surface area contributed by atoms with Crippen LogP contribution in [0.3, 0.4) is 0 Å². The molecule has 0 spiro atoms. The molecule has 0 bridgehead atoms. The number of carbonyl (C=O) groups excluding carboxylic acids is 2. The topological polar surface area (TPSA) is 86.2 Å². The first-order valence-corrected chi connectivity index (χ1v) is 8.10. The fourth-order valence-electron chi connectivity index (χ4n) is 3.07. The van der Waals surface area contributed by atoms with Crippen LogP contribution >= 0.6 is 0 Å². The van der Waals surface area contributed by atoms with E-state index in [9.17, 15) is 9.59 Å². The lowest BCUT2D eigenvalue weighted by atomic mass is 9.89. The molecule has 1 N–H and O–H groups in total. The van der Waals surface area contributed by atoms with Gasteiger partial charge in [-0.3, -0.25) is 4.79 Å². The van der Waals surface area contributed by atoms with Gasteiger partial charge in [0.25, 0.3) is 5.91 Å². The van der Waals surface area contributed by atoms with Gasteiger partial charge in [0.05, 0.1) is 18.7 Å². The highest BCUT2D eigenvalue weighted by molar-refractivity contribution is 6.24. The molecule has 0 fully saturated rings. The molecule has 132 valence electrons. The van der Waals surface area contributed by atoms with Gasteiger partial charge in [-0.05, 0) is 23.8 Å². The monoisotopic (exact) mass is 352 g/mol. The third-order valence-corrected chi connectivity index (χ3v) is 4.33. The Bertz CT molecular complexity index is 911. The molecule has 0 saturated heterocycles. The summed E-state index contributed by atoms with van der Waals surface area (Å²) in [6, 6.07) is 5.59. The smallest absolute Gasteiger partial charge is 0.345 e. The number of esters is 1. The van der Waals surface area contributed by atoms with Crippen molar-refractivity contribution in [2.24, 2.45) is 10.9 Å². The number of fused-ring (bicyclic) bond motifs is 2. The van der Waals surface area contributed by atoms with E-state index in [1.807, 2.05) is 30.4 Å². The van der Waals surface area contributed by atoms with Crippen molar-refractivity contribution < 1.29 is 23.8 Å². The Morgan fingerprint density at radius 2 is 2.15 bits per heavy atom. The Balaban J connectivity index is 1.64. The third kappa shape index (κ3) is 2.77. The second kappa shape index (κ2) is 6.51. The molecule has 0 saturated carbocycles. The molecule has 3 aliphatic rings. The SMILES string of the molecule is COC(=O)C1=C(NCc2ccc3c(c2)OCO3)C2C=CC=CC2=NC1=O. The summed E-state index contributed by atoms with van der Waals surface area (Å²) in [5.74, 6) is -0.217. The van der Waals surface area contributed by atoms with Crippen molar-refractivity contribution in [2.45, 2.75) is 6.54 Å². The average Bonchev–Trinajstić information content (AvgIpc) is 3.13. The zero-order valence-electron chi connectivity index (χ0n) is 14.0. The summed E-state index contributed by atoms with van der Waals surface area (Å²) in [4.78, 5) is 28.5. The van der Waals surface area contributed by atoms with Crippen LogP contribution in [0, 0.1) is 5.92 Å². The summed E-state index contributed by atoms with van der Waals surface area (Å²) in [6.07, 6.45) is 7.31. The number of aliphatic imine (C=N–C) groups is 1. The molecule has 1 aromatic rings. The van der Waals surface area contributed by atoms with Crippen LogP contribution in [0.1, 0.15) is 5.56 Å². The lowest BCUT2D eigenvalue weighted by Gasteiger charge is -2.26. The van der Waals surface area contributed by atoms with E-state index in [0.717, 1.165) is 5.56 Å². The van der Waals surface area contributed by atoms with Crippen molar-refractivity contribution in [1.29, 1.82) is 0 Å². The first kappa shape index (κ1) is 16.1. The Kier molecular flexibility index (Phi) is 4.04. The molecule has 1 unspecified atom stereocenters. The molecule has 4 rings (SSSR count). The summed E-state index contributed by atoms with van der Waals surface area (Å²) >= 11 is 0. The Morgan fingerprint density at radius 3 is 3.00 bits per heavy atom. The van der Waals surface area contributed by atoms with Gasteiger partial charge in [0.1, 0.15) is 5.57 Å². The van der Waals surface area contributed by atoms with Crippen molar-refractivity contribution >= 4 is 17.6 Å². The predicted octanol–water partition coefficient (Wildman–Crippen LogP) is 1.66. The number of dihydropyridines is 1. The number of nitrogens with zero attached hydrogens (tertiary/aromatic N) is 1. The van der Waals surface area contributed by atoms with Crippen LogP contribution in [-0.2, 0) is 20.9 Å². The highest BCUT2D eigenvalue weighted by Crippen LogP contribution is 2.33. The molecular formula is C19H16N2O5. The molecular weight excluding hydrogens is 336 g/mol. The molecule has 7 nitrogen and oxygen atoms in total. The zero-order valence-corrected chi connectivity index (χ0v) is 14.0. The number of hydrogen-bond donors (Lipinski definition) is 1. The van der Waals surface area contributed by atoms with Crippen molar-refractivity contribution in [3.8, 4) is 11.5 Å². The van der Waals surface area contributed by atoms with Crippen LogP contribution in [0.5, 0.6) is 11.5 Å². The first-order chi connectivity index (χ1) is 12.7. The quantitative estimate of drug-likeness (QED) is 0.655. The van der Waals surface area contributed by atoms with Crippen LogP contribution in [0.2, 0.25) is 0 Å². The molecule has 26 heavy (non-hydrogen) atoms. The van der Waals surface area contributed by atoms with Crippen LogP contribution in [-0.4, -0.2) is 31.5 Å². The first-order valence-electron chi connectivity index (χ1n) is 8.10. The summed E-state index contributed by atoms with van der Waals surface area (Å²) in [5, 5.41) is 3.22. The molecule has 2 aliphatic heterocycles. The van der Waals surface area contributed by atoms with E-state index >= 15 is 0 Å². The summed E-state index contributed by atoms with van der Waals surface area (Å²) < 4.78 is 15.5. The molecule has 0 aromatic heterocycles. The Morgan fingerprint density at radius 1 is 1.31 bits per heavy atom. The molecule has 1 atom stereocenters. The largest absolute Gasteiger partial charge is 0.465 e. The van der Waals surface area contributed by atoms with Crippen molar-refractivity contribution in [3.63, 3.8) is 0 Å². The average molecular weight is 352 g/mol. The van der Waals surface area contributed by atoms with E-state index in [1.54, 1.807) is 12.2 Å². The van der Waals surface area contributed by atoms with Gasteiger partial charge in [0.15, 0.2) is 11.5 Å². The molecule has 2 heterocycles. The summed E-state index contributed by atoms with van der Waals surface area (Å²) in [6.45, 7) is 0.610. The van der Waals surface area contributed by atoms with Gasteiger partial charge in [0, 0.05) is 12.2 Å². The minimum Gasteiger partial charge on any atom is -0.465 e. The van der Waals surface area contributed by atoms with Gasteiger partial charge in [0.2, 0.25) is 6.79 Å². The van der Waals surface area contributed by atoms with E-state index in [2.05, 4.69) is 10.3 Å². The van der Waals surface area contributed by atoms with Gasteiger partial charge >= 0.3 is 5.97 Å². The van der Waals surface area contributed by atoms with Gasteiger partial charge in [-0.2, -0.15) is 0 Å². The van der Waals surface area contributed by atoms with Crippen LogP contribution in [0.15, 0.2) is 58.8 Å². The van der Waals surface area contributed by atoms with Crippen molar-refractivity contribution in [1.82, 2.24) is 5.32 Å². The maximum absolute atomic E-state index is 12.3. The number of hydrogen-bond acceptors (Lipinski definition) is 6. The van der Waals surface area contributed by atoms with E-state index in [4.69, 9.17) is 14.2 Å². The van der Waals surface area contributed by atoms with E-state index in [0.29, 0.717) is 29.5 Å². The van der Waals surface area contributed by atoms with E-state index in [1.165, 1.54) is 7.11 Å². The Hall–Kier alpha value is -3.35. The Labute approximate surface area is 149 Å². The lowest BCUT2D eigenvalue weighted by molar-refractivity contribution is -0.137. The summed E-state index contributed by atoms with van der Waals surface area (Å²) in [5.41, 5.74) is 1.95. The number of allylic oxidation sites excluding steroid dienone is 4. The fraction of sp³-hybridized carbons (Fsp3) is 0.211. The number of methoxy groups -OCH3 is 1. The van der Waals surface area contributed by atoms with Crippen LogP contribution in [0.25, 0.3) is 0 Å². The number of rotatable bonds is 4. The minimum absolute atomic E-state index is 0.0676. The number of benzene rings is 1. The standard InChI is InChI=1S/C19H16N2O5/c1-24-19(23)16-17(12-4-2-3-5-13(12)21-18(16)22)20-9-11-6-7-14-15(8-11)26-10-25-14/h2-8,12,20H,9-10H2,1H3. The highest BCUT2D eigenvalue weighted by Gasteiger charge is 2.34. The van der Waals surface area contributed by atoms with Gasteiger partial charge < -0.3 is 19.5 Å². The normalized spacial score (nSPS) is 20.0. The molecule has 1 amide bonds. The third-order valence-electron chi connectivity index (χ3n) is 4.33. The van der Waals surface area contributed by atoms with E-state index in [-0.39, 0.29) is 18.3 Å². The van der Waals surface area contributed by atoms with Gasteiger partial charge in [-0.1, -0.05) is 24.3 Å². The van der Waals surface area contributed by atoms with Crippen molar-refractivity contribution in [3.05, 3.63) is 59.3 Å². The molecule has 1 aliphatic carbocycles. The van der Waals surface area contributed by atoms with Gasteiger partial charge in [-0.15, -0.1) is 0 Å². The van der Waals surface area contributed by atoms with E-state index < -0.39 is 11.9 Å². The molecule has 1 aromatic carbocycles. The number of nitrogens with one attached hydrogen (secondary N) is 1. The second-order valence-electron chi connectivity index (χ2n) is 5.88. The number of ether oxygens (including phenoxy) is 3. The minimum atomic E-state index is -0.700. The maximum atomic E-state index is 12.3. The summed E-state index contributed by atoms with van der Waals surface area (Å²) in [7, 11) is 1.24. The zero-order chi connectivity index (χ0) is 18.1. The van der Waals surface area contributed by atoms with Crippen molar-refractivity contribution in [2.75, 3.05) is 13.9 Å². The highest BCUT2D eigenvalue weighted by atomic mass is 16.7. The van der Waals surface area contributed by atoms with Crippen LogP contribution in [0.4, 0.5) is 0 Å². The fourth-order valence-corrected chi connectivity index (χ4v) is 3.07. The predicted molar refractivity (Wildman–Crippen MR) is 92.7 cm³/mol.